The van der Waals surface area contributed by atoms with Crippen LogP contribution in [0.5, 0.6) is 0 Å². The highest BCUT2D eigenvalue weighted by Gasteiger charge is 2.27. The van der Waals surface area contributed by atoms with E-state index >= 15 is 0 Å². The van der Waals surface area contributed by atoms with Gasteiger partial charge in [-0.05, 0) is 19.9 Å². The summed E-state index contributed by atoms with van der Waals surface area (Å²) in [6.45, 7) is 3.98. The molecule has 6 heteroatoms. The van der Waals surface area contributed by atoms with Crippen LogP contribution >= 0.6 is 0 Å². The predicted molar refractivity (Wildman–Crippen MR) is 57.2 cm³/mol. The van der Waals surface area contributed by atoms with Gasteiger partial charge in [0.05, 0.1) is 10.9 Å². The van der Waals surface area contributed by atoms with Crippen molar-refractivity contribution >= 4 is 9.84 Å². The van der Waals surface area contributed by atoms with Crippen molar-refractivity contribution in [2.24, 2.45) is 0 Å². The van der Waals surface area contributed by atoms with Crippen LogP contribution in [0.4, 0.5) is 0 Å². The lowest BCUT2D eigenvalue weighted by Crippen LogP contribution is -2.26. The van der Waals surface area contributed by atoms with E-state index in [-0.39, 0.29) is 0 Å². The van der Waals surface area contributed by atoms with Crippen molar-refractivity contribution < 1.29 is 13.5 Å². The molecule has 0 aliphatic rings. The minimum Gasteiger partial charge on any atom is -0.385 e. The summed E-state index contributed by atoms with van der Waals surface area (Å²) in [5, 5.41) is 13.0. The zero-order valence-electron chi connectivity index (χ0n) is 9.08. The van der Waals surface area contributed by atoms with E-state index in [2.05, 4.69) is 5.10 Å². The molecule has 86 valence electrons. The van der Waals surface area contributed by atoms with Gasteiger partial charge in [0.15, 0.2) is 9.84 Å². The number of aromatic nitrogens is 2. The Balaban J connectivity index is 2.99. The minimum absolute atomic E-state index is 0.537. The minimum atomic E-state index is -3.24. The van der Waals surface area contributed by atoms with E-state index in [4.69, 9.17) is 0 Å². The molecule has 0 spiro atoms. The van der Waals surface area contributed by atoms with Crippen molar-refractivity contribution in [3.63, 3.8) is 0 Å². The van der Waals surface area contributed by atoms with Crippen LogP contribution in [-0.2, 0) is 16.4 Å². The van der Waals surface area contributed by atoms with Gasteiger partial charge in [-0.15, -0.1) is 0 Å². The Bertz CT molecular complexity index is 424. The first-order valence-electron chi connectivity index (χ1n) is 4.76. The van der Waals surface area contributed by atoms with Crippen LogP contribution in [-0.4, -0.2) is 34.8 Å². The number of aliphatic hydroxyl groups is 1. The first-order valence-corrected chi connectivity index (χ1v) is 6.72. The number of rotatable bonds is 4. The van der Waals surface area contributed by atoms with Gasteiger partial charge in [0.2, 0.25) is 0 Å². The highest BCUT2D eigenvalue weighted by atomic mass is 32.2. The van der Waals surface area contributed by atoms with Gasteiger partial charge in [0.25, 0.3) is 0 Å². The van der Waals surface area contributed by atoms with E-state index in [1.54, 1.807) is 16.9 Å². The van der Waals surface area contributed by atoms with E-state index in [0.717, 1.165) is 6.26 Å². The van der Waals surface area contributed by atoms with Crippen molar-refractivity contribution in [1.29, 1.82) is 0 Å². The van der Waals surface area contributed by atoms with Crippen LogP contribution in [0.2, 0.25) is 0 Å². The molecule has 0 aliphatic carbocycles. The number of nitrogens with zero attached hydrogens (tertiary/aromatic N) is 2. The third-order valence-corrected chi connectivity index (χ3v) is 4.08. The van der Waals surface area contributed by atoms with Crippen molar-refractivity contribution in [3.8, 4) is 0 Å². The van der Waals surface area contributed by atoms with Crippen LogP contribution in [0.3, 0.4) is 0 Å². The quantitative estimate of drug-likeness (QED) is 0.814. The molecule has 1 aromatic rings. The van der Waals surface area contributed by atoms with E-state index < -0.39 is 21.2 Å². The molecule has 1 aromatic heterocycles. The molecule has 0 saturated heterocycles. The Morgan fingerprint density at radius 3 is 2.67 bits per heavy atom. The second-order valence-corrected chi connectivity index (χ2v) is 5.95. The predicted octanol–water partition coefficient (Wildman–Crippen LogP) is 0.369. The van der Waals surface area contributed by atoms with Gasteiger partial charge in [-0.1, -0.05) is 0 Å². The summed E-state index contributed by atoms with van der Waals surface area (Å²) in [6, 6.07) is 1.63. The highest BCUT2D eigenvalue weighted by Crippen LogP contribution is 2.20. The molecule has 0 fully saturated rings. The second kappa shape index (κ2) is 4.32. The van der Waals surface area contributed by atoms with Crippen molar-refractivity contribution in [1.82, 2.24) is 9.78 Å². The smallest absolute Gasteiger partial charge is 0.152 e. The summed E-state index contributed by atoms with van der Waals surface area (Å²) >= 11 is 0. The van der Waals surface area contributed by atoms with Gasteiger partial charge < -0.3 is 5.11 Å². The fourth-order valence-corrected chi connectivity index (χ4v) is 1.94. The molecule has 1 heterocycles. The largest absolute Gasteiger partial charge is 0.385 e. The lowest BCUT2D eigenvalue weighted by atomic mass is 10.2. The van der Waals surface area contributed by atoms with E-state index in [1.165, 1.54) is 6.92 Å². The number of aliphatic hydroxyl groups excluding tert-OH is 1. The molecule has 0 aromatic carbocycles. The molecule has 2 atom stereocenters. The van der Waals surface area contributed by atoms with Crippen molar-refractivity contribution in [3.05, 3.63) is 18.0 Å². The maximum atomic E-state index is 11.3. The Hall–Kier alpha value is -0.880. The lowest BCUT2D eigenvalue weighted by Gasteiger charge is -2.17. The highest BCUT2D eigenvalue weighted by molar-refractivity contribution is 7.91. The summed E-state index contributed by atoms with van der Waals surface area (Å²) < 4.78 is 24.1. The number of aryl methyl sites for hydroxylation is 1. The molecular formula is C9H16N2O3S. The normalized spacial score (nSPS) is 16.3. The van der Waals surface area contributed by atoms with E-state index in [9.17, 15) is 13.5 Å². The molecule has 0 bridgehead atoms. The molecule has 5 nitrogen and oxygen atoms in total. The van der Waals surface area contributed by atoms with Gasteiger partial charge in [-0.3, -0.25) is 4.68 Å². The second-order valence-electron chi connectivity index (χ2n) is 3.55. The van der Waals surface area contributed by atoms with Gasteiger partial charge >= 0.3 is 0 Å². The molecule has 1 rings (SSSR count). The van der Waals surface area contributed by atoms with Crippen LogP contribution in [0.25, 0.3) is 0 Å². The standard InChI is InChI=1S/C9H16N2O3S/c1-4-11-8(5-6-10-11)9(12)7(2)15(3,13)14/h5-7,9,12H,4H2,1-3H3. The molecular weight excluding hydrogens is 216 g/mol. The Morgan fingerprint density at radius 1 is 1.60 bits per heavy atom. The number of hydrogen-bond acceptors (Lipinski definition) is 4. The van der Waals surface area contributed by atoms with Gasteiger partial charge in [-0.2, -0.15) is 5.10 Å². The van der Waals surface area contributed by atoms with Crippen molar-refractivity contribution in [2.75, 3.05) is 6.26 Å². The topological polar surface area (TPSA) is 72.2 Å². The number of hydrogen-bond donors (Lipinski definition) is 1. The van der Waals surface area contributed by atoms with Gasteiger partial charge in [0, 0.05) is 19.0 Å². The summed E-state index contributed by atoms with van der Waals surface area (Å²) in [5.74, 6) is 0. The number of sulfone groups is 1. The molecule has 1 N–H and O–H groups in total. The SMILES string of the molecule is CCn1nccc1C(O)C(C)S(C)(=O)=O. The summed E-state index contributed by atoms with van der Waals surface area (Å²) in [7, 11) is -3.24. The summed E-state index contributed by atoms with van der Waals surface area (Å²) in [6.07, 6.45) is 1.65. The molecule has 0 aliphatic heterocycles. The first-order chi connectivity index (χ1) is 6.88. The average molecular weight is 232 g/mol. The van der Waals surface area contributed by atoms with Crippen LogP contribution < -0.4 is 0 Å². The van der Waals surface area contributed by atoms with Crippen molar-refractivity contribution in [2.45, 2.75) is 31.7 Å². The van der Waals surface area contributed by atoms with Gasteiger partial charge in [0.1, 0.15) is 6.10 Å². The van der Waals surface area contributed by atoms with Crippen LogP contribution in [0.15, 0.2) is 12.3 Å². The Labute approximate surface area is 89.6 Å². The maximum Gasteiger partial charge on any atom is 0.152 e. The molecule has 0 radical (unpaired) electrons. The Morgan fingerprint density at radius 2 is 2.20 bits per heavy atom. The third-order valence-electron chi connectivity index (χ3n) is 2.47. The zero-order chi connectivity index (χ0) is 11.6. The van der Waals surface area contributed by atoms with E-state index in [1.807, 2.05) is 6.92 Å². The molecule has 15 heavy (non-hydrogen) atoms. The van der Waals surface area contributed by atoms with Crippen LogP contribution in [0.1, 0.15) is 25.6 Å². The lowest BCUT2D eigenvalue weighted by molar-refractivity contribution is 0.165. The fourth-order valence-electron chi connectivity index (χ4n) is 1.33. The fraction of sp³-hybridized carbons (Fsp3) is 0.667. The molecule has 0 amide bonds. The first kappa shape index (κ1) is 12.2. The summed E-state index contributed by atoms with van der Waals surface area (Å²) in [4.78, 5) is 0. The molecule has 0 saturated carbocycles. The summed E-state index contributed by atoms with van der Waals surface area (Å²) in [5.41, 5.74) is 0.537. The Kier molecular flexibility index (Phi) is 3.51. The van der Waals surface area contributed by atoms with E-state index in [0.29, 0.717) is 12.2 Å². The van der Waals surface area contributed by atoms with Gasteiger partial charge in [-0.25, -0.2) is 8.42 Å². The zero-order valence-corrected chi connectivity index (χ0v) is 9.90. The third kappa shape index (κ3) is 2.57. The monoisotopic (exact) mass is 232 g/mol. The maximum absolute atomic E-state index is 11.3. The average Bonchev–Trinajstić information content (AvgIpc) is 2.61. The van der Waals surface area contributed by atoms with Crippen LogP contribution in [0, 0.1) is 0 Å². The molecule has 2 unspecified atom stereocenters.